The molecule has 19 nitrogen and oxygen atoms in total. The molecule has 4 aromatic rings. The molecule has 0 aromatic carbocycles. The fourth-order valence-electron chi connectivity index (χ4n) is 3.18. The summed E-state index contributed by atoms with van der Waals surface area (Å²) in [4.78, 5) is 58.5. The summed E-state index contributed by atoms with van der Waals surface area (Å²) in [5.41, 5.74) is 5.14. The van der Waals surface area contributed by atoms with Gasteiger partial charge in [-0.05, 0) is 53.7 Å². The molecule has 0 bridgehead atoms. The number of nitrogens with one attached hydrogen (secondary N) is 2. The molecule has 0 aliphatic rings. The molecule has 0 atom stereocenters. The standard InChI is InChI=1S/C13H18N4O3S.C12H17N3O5.C5H3ClN2O2/c1-13(2,3)20-12(18)15-6-7-19-9-5-4-8-10(17-9)21-11(14)16-8;1-12(2,3)20-11(16)13-6-7-19-10-5-4-9(8-14-10)15(17)18;6-5-2-1-4(3-7-5)8(9)10/h4-5H,6-7H2,1-3H3,(H2,14,16)(H,15,18);4-5,8H,6-7H2,1-3H3,(H,13,16);1-3H. The van der Waals surface area contributed by atoms with Crippen LogP contribution in [0.15, 0.2) is 48.8 Å². The zero-order valence-electron chi connectivity index (χ0n) is 28.6. The number of carbonyl (C=O) groups excluding carboxylic acids is 2. The molecule has 0 fully saturated rings. The third-order valence-corrected chi connectivity index (χ3v) is 6.16. The molecular formula is C30H38ClN9O10S. The minimum Gasteiger partial charge on any atom is -0.476 e. The van der Waals surface area contributed by atoms with Gasteiger partial charge in [-0.1, -0.05) is 22.9 Å². The monoisotopic (exact) mass is 751 g/mol. The van der Waals surface area contributed by atoms with Crippen molar-refractivity contribution in [3.05, 3.63) is 74.2 Å². The second-order valence-electron chi connectivity index (χ2n) is 11.8. The van der Waals surface area contributed by atoms with E-state index in [1.54, 1.807) is 32.9 Å². The fourth-order valence-corrected chi connectivity index (χ4v) is 3.99. The molecule has 4 N–H and O–H groups in total. The van der Waals surface area contributed by atoms with E-state index in [9.17, 15) is 29.8 Å². The molecule has 51 heavy (non-hydrogen) atoms. The summed E-state index contributed by atoms with van der Waals surface area (Å²) >= 11 is 6.69. The average molecular weight is 752 g/mol. The summed E-state index contributed by atoms with van der Waals surface area (Å²) in [6.07, 6.45) is 1.22. The number of ether oxygens (including phenoxy) is 4. The minimum absolute atomic E-state index is 0.0515. The Labute approximate surface area is 301 Å². The molecule has 0 radical (unpaired) electrons. The van der Waals surface area contributed by atoms with E-state index >= 15 is 0 Å². The van der Waals surface area contributed by atoms with Crippen molar-refractivity contribution in [1.82, 2.24) is 30.6 Å². The van der Waals surface area contributed by atoms with Crippen molar-refractivity contribution in [3.63, 3.8) is 0 Å². The van der Waals surface area contributed by atoms with Crippen molar-refractivity contribution in [2.45, 2.75) is 52.7 Å². The molecule has 4 heterocycles. The number of carbonyl (C=O) groups is 2. The van der Waals surface area contributed by atoms with Gasteiger partial charge in [0, 0.05) is 24.3 Å². The van der Waals surface area contributed by atoms with E-state index in [2.05, 4.69) is 30.6 Å². The molecule has 0 aliphatic carbocycles. The second-order valence-corrected chi connectivity index (χ2v) is 13.2. The van der Waals surface area contributed by atoms with Crippen LogP contribution in [0.2, 0.25) is 5.15 Å². The van der Waals surface area contributed by atoms with Gasteiger partial charge in [0.1, 0.15) is 52.3 Å². The lowest BCUT2D eigenvalue weighted by Gasteiger charge is -2.19. The van der Waals surface area contributed by atoms with Gasteiger partial charge >= 0.3 is 12.2 Å². The van der Waals surface area contributed by atoms with Gasteiger partial charge in [-0.3, -0.25) is 20.2 Å². The number of pyridine rings is 3. The first-order valence-corrected chi connectivity index (χ1v) is 16.1. The Kier molecular flexibility index (Phi) is 15.9. The molecule has 4 aromatic heterocycles. The predicted octanol–water partition coefficient (Wildman–Crippen LogP) is 5.71. The van der Waals surface area contributed by atoms with Gasteiger partial charge in [-0.2, -0.15) is 0 Å². The number of aromatic nitrogens is 4. The molecule has 276 valence electrons. The SMILES string of the molecule is CC(C)(C)OC(=O)NCCOc1ccc([N+](=O)[O-])cn1.CC(C)(C)OC(=O)NCCOc1ccc2nc(N)sc2n1.O=[N+]([O-])c1ccc(Cl)nc1. The normalized spacial score (nSPS) is 10.7. The maximum Gasteiger partial charge on any atom is 0.407 e. The van der Waals surface area contributed by atoms with Crippen LogP contribution in [0.5, 0.6) is 11.8 Å². The maximum absolute atomic E-state index is 11.4. The number of amides is 2. The van der Waals surface area contributed by atoms with E-state index in [4.69, 9.17) is 36.3 Å². The van der Waals surface area contributed by atoms with Gasteiger partial charge < -0.3 is 35.3 Å². The maximum atomic E-state index is 11.4. The van der Waals surface area contributed by atoms with Crippen LogP contribution in [0.4, 0.5) is 26.1 Å². The van der Waals surface area contributed by atoms with Crippen molar-refractivity contribution in [2.24, 2.45) is 0 Å². The second kappa shape index (κ2) is 19.5. The Morgan fingerprint density at radius 1 is 0.784 bits per heavy atom. The number of nitrogen functional groups attached to an aromatic ring is 1. The zero-order valence-corrected chi connectivity index (χ0v) is 30.1. The number of anilines is 1. The van der Waals surface area contributed by atoms with Gasteiger partial charge in [-0.15, -0.1) is 0 Å². The summed E-state index contributed by atoms with van der Waals surface area (Å²) < 4.78 is 20.8. The lowest BCUT2D eigenvalue weighted by Crippen LogP contribution is -2.34. The number of fused-ring (bicyclic) bond motifs is 1. The van der Waals surface area contributed by atoms with Crippen molar-refractivity contribution in [2.75, 3.05) is 32.0 Å². The van der Waals surface area contributed by atoms with Crippen molar-refractivity contribution in [3.8, 4) is 11.8 Å². The third-order valence-electron chi connectivity index (χ3n) is 5.14. The Hall–Kier alpha value is -5.63. The van der Waals surface area contributed by atoms with Gasteiger partial charge in [0.25, 0.3) is 11.4 Å². The first-order valence-electron chi connectivity index (χ1n) is 14.9. The lowest BCUT2D eigenvalue weighted by atomic mass is 10.2. The number of thiazole rings is 1. The van der Waals surface area contributed by atoms with Gasteiger partial charge in [0.15, 0.2) is 5.13 Å². The van der Waals surface area contributed by atoms with Crippen LogP contribution in [-0.2, 0) is 9.47 Å². The highest BCUT2D eigenvalue weighted by atomic mass is 35.5. The first-order chi connectivity index (χ1) is 23.8. The highest BCUT2D eigenvalue weighted by molar-refractivity contribution is 7.21. The molecular weight excluding hydrogens is 714 g/mol. The smallest absolute Gasteiger partial charge is 0.407 e. The van der Waals surface area contributed by atoms with Crippen LogP contribution in [0.3, 0.4) is 0 Å². The van der Waals surface area contributed by atoms with Crippen LogP contribution in [0.1, 0.15) is 41.5 Å². The molecule has 4 rings (SSSR count). The van der Waals surface area contributed by atoms with Crippen LogP contribution in [-0.4, -0.2) is 79.5 Å². The number of hydrogen-bond donors (Lipinski definition) is 3. The highest BCUT2D eigenvalue weighted by Gasteiger charge is 2.16. The van der Waals surface area contributed by atoms with Gasteiger partial charge in [0.05, 0.1) is 22.9 Å². The molecule has 2 amide bonds. The minimum atomic E-state index is -0.551. The van der Waals surface area contributed by atoms with E-state index in [0.717, 1.165) is 22.7 Å². The number of halogens is 1. The topological polar surface area (TPSA) is 259 Å². The molecule has 0 aliphatic heterocycles. The predicted molar refractivity (Wildman–Crippen MR) is 188 cm³/mol. The van der Waals surface area contributed by atoms with Crippen molar-refractivity contribution < 1.29 is 38.4 Å². The first kappa shape index (κ1) is 41.5. The molecule has 21 heteroatoms. The quantitative estimate of drug-likeness (QED) is 0.0758. The van der Waals surface area contributed by atoms with E-state index < -0.39 is 33.2 Å². The lowest BCUT2D eigenvalue weighted by molar-refractivity contribution is -0.385. The summed E-state index contributed by atoms with van der Waals surface area (Å²) in [6, 6.07) is 8.88. The van der Waals surface area contributed by atoms with E-state index in [1.165, 1.54) is 35.6 Å². The highest BCUT2D eigenvalue weighted by Crippen LogP contribution is 2.24. The van der Waals surface area contributed by atoms with Gasteiger partial charge in [0.2, 0.25) is 11.8 Å². The molecule has 0 unspecified atom stereocenters. The number of alkyl carbamates (subject to hydrolysis) is 2. The number of nitro groups is 2. The summed E-state index contributed by atoms with van der Waals surface area (Å²) in [6.45, 7) is 11.8. The Morgan fingerprint density at radius 3 is 1.73 bits per heavy atom. The van der Waals surface area contributed by atoms with Crippen LogP contribution in [0, 0.1) is 20.2 Å². The Bertz CT molecular complexity index is 1750. The van der Waals surface area contributed by atoms with Gasteiger partial charge in [-0.25, -0.2) is 29.5 Å². The molecule has 0 spiro atoms. The van der Waals surface area contributed by atoms with Crippen molar-refractivity contribution in [1.29, 1.82) is 0 Å². The van der Waals surface area contributed by atoms with E-state index in [1.807, 2.05) is 20.8 Å². The summed E-state index contributed by atoms with van der Waals surface area (Å²) in [7, 11) is 0. The fraction of sp³-hybridized carbons (Fsp3) is 0.400. The summed E-state index contributed by atoms with van der Waals surface area (Å²) in [5, 5.41) is 26.3. The van der Waals surface area contributed by atoms with E-state index in [-0.39, 0.29) is 35.6 Å². The van der Waals surface area contributed by atoms with Crippen LogP contribution < -0.4 is 25.8 Å². The summed E-state index contributed by atoms with van der Waals surface area (Å²) in [5.74, 6) is 0.721. The van der Waals surface area contributed by atoms with Crippen LogP contribution in [0.25, 0.3) is 10.3 Å². The molecule has 0 saturated heterocycles. The Balaban J connectivity index is 0.000000281. The third kappa shape index (κ3) is 17.5. The molecule has 0 saturated carbocycles. The van der Waals surface area contributed by atoms with Crippen molar-refractivity contribution >= 4 is 62.0 Å². The zero-order chi connectivity index (χ0) is 38.2. The number of hydrogen-bond acceptors (Lipinski definition) is 16. The van der Waals surface area contributed by atoms with E-state index in [0.29, 0.717) is 24.2 Å². The average Bonchev–Trinajstić information content (AvgIpc) is 3.40. The largest absolute Gasteiger partial charge is 0.476 e. The van der Waals surface area contributed by atoms with Crippen LogP contribution >= 0.6 is 22.9 Å². The number of rotatable bonds is 10. The number of nitrogens with two attached hydrogens (primary N) is 1. The number of nitrogens with zero attached hydrogens (tertiary/aromatic N) is 6. The Morgan fingerprint density at radius 2 is 1.27 bits per heavy atom.